The molecule has 1 N–H and O–H groups in total. The average Bonchev–Trinajstić information content (AvgIpc) is 2.29. The summed E-state index contributed by atoms with van der Waals surface area (Å²) >= 11 is 5.88. The minimum Gasteiger partial charge on any atom is -0.520 e. The van der Waals surface area contributed by atoms with Gasteiger partial charge in [-0.25, -0.2) is 4.39 Å². The Labute approximate surface area is 135 Å². The van der Waals surface area contributed by atoms with E-state index in [1.54, 1.807) is 11.9 Å². The van der Waals surface area contributed by atoms with Crippen molar-refractivity contribution in [2.24, 2.45) is 0 Å². The van der Waals surface area contributed by atoms with E-state index in [1.807, 2.05) is 0 Å². The van der Waals surface area contributed by atoms with E-state index in [1.165, 1.54) is 24.3 Å². The number of aromatic hydroxyl groups is 1. The fourth-order valence-corrected chi connectivity index (χ4v) is 1.78. The van der Waals surface area contributed by atoms with Gasteiger partial charge in [-0.1, -0.05) is 18.3 Å². The number of phenolic OH excluding ortho intramolecular Hbond substituents is 1. The third-order valence-corrected chi connectivity index (χ3v) is 2.91. The van der Waals surface area contributed by atoms with Crippen LogP contribution in [0.5, 0.6) is 5.75 Å². The maximum Gasteiger partial charge on any atom is 0.0817 e. The van der Waals surface area contributed by atoms with E-state index in [9.17, 15) is 9.50 Å². The second kappa shape index (κ2) is 6.00. The van der Waals surface area contributed by atoms with Crippen molar-refractivity contribution in [3.63, 3.8) is 0 Å². The van der Waals surface area contributed by atoms with Gasteiger partial charge in [-0.05, 0) is 28.4 Å². The number of allylic oxidation sites excluding steroid dienone is 3. The van der Waals surface area contributed by atoms with Gasteiger partial charge in [0, 0.05) is 39.8 Å². The van der Waals surface area contributed by atoms with Crippen LogP contribution in [0, 0.1) is 11.9 Å². The minimum absolute atomic E-state index is 0. The van der Waals surface area contributed by atoms with E-state index in [4.69, 9.17) is 11.6 Å². The van der Waals surface area contributed by atoms with Crippen LogP contribution in [-0.4, -0.2) is 17.1 Å². The normalized spacial score (nSPS) is 14.8. The average molecular weight is 340 g/mol. The van der Waals surface area contributed by atoms with Gasteiger partial charge in [-0.2, -0.15) is 23.8 Å². The van der Waals surface area contributed by atoms with Crippen molar-refractivity contribution in [2.45, 2.75) is 0 Å². The second-order valence-corrected chi connectivity index (χ2v) is 4.03. The maximum atomic E-state index is 13.7. The van der Waals surface area contributed by atoms with Crippen LogP contribution in [0.15, 0.2) is 41.6 Å². The van der Waals surface area contributed by atoms with Gasteiger partial charge in [0.25, 0.3) is 0 Å². The zero-order valence-electron chi connectivity index (χ0n) is 9.74. The molecule has 0 spiro atoms. The first kappa shape index (κ1) is 15.4. The molecule has 1 heterocycles. The number of hydrogen-bond donors (Lipinski definition) is 1. The first-order valence-corrected chi connectivity index (χ1v) is 5.30. The molecular formula is C13H10ClFNOY-. The molecule has 2 nitrogen and oxygen atoms in total. The van der Waals surface area contributed by atoms with E-state index in [0.717, 1.165) is 0 Å². The van der Waals surface area contributed by atoms with Crippen LogP contribution >= 0.6 is 11.6 Å². The van der Waals surface area contributed by atoms with Crippen LogP contribution in [0.2, 0.25) is 0 Å². The standard InChI is InChI=1S/C13H10ClFNO.Y/c1-8-9(14)6-7-11(16(8)2)13-10(15)4-3-5-12(13)17;/h3-6,17H,1H2,2H3;/q-1;. The van der Waals surface area contributed by atoms with Crippen LogP contribution in [0.25, 0.3) is 5.70 Å². The molecule has 1 aliphatic rings. The minimum atomic E-state index is -0.515. The molecule has 0 saturated heterocycles. The van der Waals surface area contributed by atoms with Gasteiger partial charge in [-0.15, -0.1) is 0 Å². The largest absolute Gasteiger partial charge is 0.520 e. The predicted octanol–water partition coefficient (Wildman–Crippen LogP) is 3.25. The molecule has 0 amide bonds. The van der Waals surface area contributed by atoms with Gasteiger partial charge >= 0.3 is 0 Å². The molecule has 5 heteroatoms. The van der Waals surface area contributed by atoms with Crippen LogP contribution < -0.4 is 0 Å². The molecule has 1 aliphatic heterocycles. The Kier molecular flexibility index (Phi) is 5.14. The zero-order chi connectivity index (χ0) is 12.6. The molecular weight excluding hydrogens is 330 g/mol. The summed E-state index contributed by atoms with van der Waals surface area (Å²) in [5.41, 5.74) is 1.02. The van der Waals surface area contributed by atoms with Crippen molar-refractivity contribution in [1.82, 2.24) is 4.90 Å². The molecule has 18 heavy (non-hydrogen) atoms. The zero-order valence-corrected chi connectivity index (χ0v) is 13.3. The van der Waals surface area contributed by atoms with Crippen LogP contribution in [0.4, 0.5) is 4.39 Å². The molecule has 0 bridgehead atoms. The summed E-state index contributed by atoms with van der Waals surface area (Å²) in [6.45, 7) is 3.77. The van der Waals surface area contributed by atoms with Crippen molar-refractivity contribution in [2.75, 3.05) is 7.05 Å². The fraction of sp³-hybridized carbons (Fsp3) is 0.0769. The monoisotopic (exact) mass is 339 g/mol. The smallest absolute Gasteiger partial charge is 0.0817 e. The van der Waals surface area contributed by atoms with Crippen molar-refractivity contribution in [1.29, 1.82) is 0 Å². The summed E-state index contributed by atoms with van der Waals surface area (Å²) in [5, 5.41) is 10.1. The van der Waals surface area contributed by atoms with Crippen LogP contribution in [0.1, 0.15) is 5.56 Å². The molecule has 0 fully saturated rings. The third-order valence-electron chi connectivity index (χ3n) is 2.58. The molecule has 0 aliphatic carbocycles. The van der Waals surface area contributed by atoms with E-state index >= 15 is 0 Å². The molecule has 0 aromatic heterocycles. The Balaban J connectivity index is 0.00000162. The number of likely N-dealkylation sites (N-methyl/N-ethyl adjacent to an activating group) is 1. The molecule has 1 aromatic carbocycles. The van der Waals surface area contributed by atoms with Gasteiger partial charge in [0.1, 0.15) is 0 Å². The molecule has 0 atom stereocenters. The first-order valence-electron chi connectivity index (χ1n) is 4.92. The Bertz CT molecular complexity index is 534. The molecule has 1 radical (unpaired) electrons. The summed E-state index contributed by atoms with van der Waals surface area (Å²) in [6.07, 6.45) is 4.34. The number of phenols is 1. The summed E-state index contributed by atoms with van der Waals surface area (Å²) in [7, 11) is 1.69. The number of rotatable bonds is 1. The molecule has 2 rings (SSSR count). The molecule has 0 unspecified atom stereocenters. The predicted molar refractivity (Wildman–Crippen MR) is 65.6 cm³/mol. The molecule has 91 valence electrons. The van der Waals surface area contributed by atoms with Crippen molar-refractivity contribution < 1.29 is 42.2 Å². The maximum absolute atomic E-state index is 13.7. The van der Waals surface area contributed by atoms with E-state index in [2.05, 4.69) is 12.7 Å². The van der Waals surface area contributed by atoms with Gasteiger partial charge in [0.2, 0.25) is 0 Å². The summed E-state index contributed by atoms with van der Waals surface area (Å²) in [6, 6.07) is 4.14. The summed E-state index contributed by atoms with van der Waals surface area (Å²) < 4.78 is 13.7. The Morgan fingerprint density at radius 2 is 2.11 bits per heavy atom. The van der Waals surface area contributed by atoms with Gasteiger partial charge in [-0.3, -0.25) is 0 Å². The van der Waals surface area contributed by atoms with Crippen molar-refractivity contribution in [3.05, 3.63) is 59.0 Å². The van der Waals surface area contributed by atoms with E-state index in [-0.39, 0.29) is 44.0 Å². The molecule has 0 saturated carbocycles. The Hall–Kier alpha value is -0.636. The van der Waals surface area contributed by atoms with Crippen LogP contribution in [-0.2, 0) is 32.7 Å². The topological polar surface area (TPSA) is 23.5 Å². The van der Waals surface area contributed by atoms with Gasteiger partial charge in [0.15, 0.2) is 0 Å². The van der Waals surface area contributed by atoms with Gasteiger partial charge in [0.05, 0.1) is 11.6 Å². The number of benzene rings is 1. The molecule has 1 aromatic rings. The number of nitrogens with zero attached hydrogens (tertiary/aromatic N) is 1. The number of halogens is 2. The third kappa shape index (κ3) is 2.68. The van der Waals surface area contributed by atoms with Gasteiger partial charge < -0.3 is 10.0 Å². The SMILES string of the molecule is C=C1C(Cl)=C[C-]=C(c2c(O)cccc2F)N1C.[Y]. The fourth-order valence-electron chi connectivity index (χ4n) is 1.59. The summed E-state index contributed by atoms with van der Waals surface area (Å²) in [4.78, 5) is 1.58. The first-order chi connectivity index (χ1) is 8.02. The number of hydrogen-bond acceptors (Lipinski definition) is 2. The summed E-state index contributed by atoms with van der Waals surface area (Å²) in [5.74, 6) is -0.655. The van der Waals surface area contributed by atoms with Crippen molar-refractivity contribution in [3.8, 4) is 5.75 Å². The van der Waals surface area contributed by atoms with Crippen molar-refractivity contribution >= 4 is 17.3 Å². The quantitative estimate of drug-likeness (QED) is 0.794. The second-order valence-electron chi connectivity index (χ2n) is 3.62. The Morgan fingerprint density at radius 1 is 1.44 bits per heavy atom. The van der Waals surface area contributed by atoms with Crippen LogP contribution in [0.3, 0.4) is 0 Å². The van der Waals surface area contributed by atoms with E-state index < -0.39 is 5.82 Å². The Morgan fingerprint density at radius 3 is 2.72 bits per heavy atom. The van der Waals surface area contributed by atoms with E-state index in [0.29, 0.717) is 16.4 Å².